The summed E-state index contributed by atoms with van der Waals surface area (Å²) in [7, 11) is 2.24. The third kappa shape index (κ3) is 4.94. The third-order valence-corrected chi connectivity index (χ3v) is 4.03. The highest BCUT2D eigenvalue weighted by Crippen LogP contribution is 2.21. The summed E-state index contributed by atoms with van der Waals surface area (Å²) in [6.45, 7) is 12.4. The summed E-state index contributed by atoms with van der Waals surface area (Å²) in [5.41, 5.74) is 6.10. The fraction of sp³-hybridized carbons (Fsp3) is 1.00. The molecule has 0 aromatic heterocycles. The Morgan fingerprint density at radius 2 is 2.00 bits per heavy atom. The van der Waals surface area contributed by atoms with Crippen molar-refractivity contribution in [3.63, 3.8) is 0 Å². The van der Waals surface area contributed by atoms with Crippen LogP contribution in [0.1, 0.15) is 40.0 Å². The standard InChI is InChI=1S/C14H31N3/c1-5-17(12-14(2,3)11-15)13-7-6-9-16(4)10-8-13/h13H,5-12,15H2,1-4H3. The van der Waals surface area contributed by atoms with Crippen LogP contribution in [0.5, 0.6) is 0 Å². The Bertz CT molecular complexity index is 216. The molecule has 0 amide bonds. The molecule has 1 unspecified atom stereocenters. The van der Waals surface area contributed by atoms with E-state index in [1.54, 1.807) is 0 Å². The van der Waals surface area contributed by atoms with Gasteiger partial charge in [-0.2, -0.15) is 0 Å². The summed E-state index contributed by atoms with van der Waals surface area (Å²) in [5, 5.41) is 0. The molecule has 0 radical (unpaired) electrons. The van der Waals surface area contributed by atoms with E-state index in [2.05, 4.69) is 37.6 Å². The SMILES string of the molecule is CCN(CC(C)(C)CN)C1CCCN(C)CC1. The molecule has 1 rings (SSSR count). The van der Waals surface area contributed by atoms with Gasteiger partial charge in [0.1, 0.15) is 0 Å². The van der Waals surface area contributed by atoms with E-state index in [4.69, 9.17) is 5.73 Å². The van der Waals surface area contributed by atoms with E-state index in [0.717, 1.165) is 25.7 Å². The van der Waals surface area contributed by atoms with Crippen molar-refractivity contribution in [1.82, 2.24) is 9.80 Å². The molecule has 0 aromatic carbocycles. The minimum Gasteiger partial charge on any atom is -0.330 e. The van der Waals surface area contributed by atoms with Crippen molar-refractivity contribution in [2.24, 2.45) is 11.1 Å². The lowest BCUT2D eigenvalue weighted by molar-refractivity contribution is 0.128. The summed E-state index contributed by atoms with van der Waals surface area (Å²) >= 11 is 0. The summed E-state index contributed by atoms with van der Waals surface area (Å²) < 4.78 is 0. The second-order valence-corrected chi connectivity index (χ2v) is 6.32. The van der Waals surface area contributed by atoms with Gasteiger partial charge in [-0.1, -0.05) is 20.8 Å². The zero-order chi connectivity index (χ0) is 12.9. The third-order valence-electron chi connectivity index (χ3n) is 4.03. The van der Waals surface area contributed by atoms with E-state index in [0.29, 0.717) is 0 Å². The van der Waals surface area contributed by atoms with Gasteiger partial charge in [-0.3, -0.25) is 0 Å². The Kier molecular flexibility index (Phi) is 5.90. The van der Waals surface area contributed by atoms with E-state index in [1.807, 2.05) is 0 Å². The van der Waals surface area contributed by atoms with Crippen molar-refractivity contribution in [2.75, 3.05) is 39.8 Å². The molecule has 2 N–H and O–H groups in total. The van der Waals surface area contributed by atoms with Gasteiger partial charge >= 0.3 is 0 Å². The molecule has 1 heterocycles. The first-order valence-corrected chi connectivity index (χ1v) is 7.11. The first-order chi connectivity index (χ1) is 7.98. The molecule has 1 fully saturated rings. The van der Waals surface area contributed by atoms with Crippen LogP contribution in [-0.4, -0.2) is 55.6 Å². The molecular formula is C14H31N3. The first-order valence-electron chi connectivity index (χ1n) is 7.11. The molecule has 0 bridgehead atoms. The van der Waals surface area contributed by atoms with Crippen molar-refractivity contribution >= 4 is 0 Å². The Hall–Kier alpha value is -0.120. The molecule has 3 heteroatoms. The Labute approximate surface area is 107 Å². The van der Waals surface area contributed by atoms with Crippen LogP contribution in [0, 0.1) is 5.41 Å². The van der Waals surface area contributed by atoms with Crippen LogP contribution in [0.4, 0.5) is 0 Å². The highest BCUT2D eigenvalue weighted by atomic mass is 15.2. The summed E-state index contributed by atoms with van der Waals surface area (Å²) in [6.07, 6.45) is 3.99. The van der Waals surface area contributed by atoms with Crippen LogP contribution < -0.4 is 5.73 Å². The molecule has 102 valence electrons. The Morgan fingerprint density at radius 3 is 2.59 bits per heavy atom. The molecule has 3 nitrogen and oxygen atoms in total. The summed E-state index contributed by atoms with van der Waals surface area (Å²) in [5.74, 6) is 0. The van der Waals surface area contributed by atoms with Crippen molar-refractivity contribution in [2.45, 2.75) is 46.1 Å². The predicted molar refractivity (Wildman–Crippen MR) is 75.2 cm³/mol. The zero-order valence-electron chi connectivity index (χ0n) is 12.2. The van der Waals surface area contributed by atoms with E-state index in [9.17, 15) is 0 Å². The first kappa shape index (κ1) is 14.9. The van der Waals surface area contributed by atoms with E-state index in [1.165, 1.54) is 32.4 Å². The maximum Gasteiger partial charge on any atom is 0.0108 e. The van der Waals surface area contributed by atoms with Crippen LogP contribution in [0.15, 0.2) is 0 Å². The van der Waals surface area contributed by atoms with E-state index < -0.39 is 0 Å². The number of hydrogen-bond donors (Lipinski definition) is 1. The number of nitrogens with zero attached hydrogens (tertiary/aromatic N) is 2. The normalized spacial score (nSPS) is 24.0. The molecule has 1 aliphatic rings. The lowest BCUT2D eigenvalue weighted by Crippen LogP contribution is -2.44. The number of nitrogens with two attached hydrogens (primary N) is 1. The van der Waals surface area contributed by atoms with Gasteiger partial charge in [0, 0.05) is 12.6 Å². The maximum absolute atomic E-state index is 5.86. The lowest BCUT2D eigenvalue weighted by Gasteiger charge is -2.36. The molecule has 0 saturated carbocycles. The zero-order valence-corrected chi connectivity index (χ0v) is 12.2. The van der Waals surface area contributed by atoms with E-state index >= 15 is 0 Å². The highest BCUT2D eigenvalue weighted by molar-refractivity contribution is 4.81. The number of likely N-dealkylation sites (tertiary alicyclic amines) is 1. The largest absolute Gasteiger partial charge is 0.330 e. The van der Waals surface area contributed by atoms with Gasteiger partial charge in [0.25, 0.3) is 0 Å². The van der Waals surface area contributed by atoms with Gasteiger partial charge in [-0.15, -0.1) is 0 Å². The maximum atomic E-state index is 5.86. The van der Waals surface area contributed by atoms with Crippen LogP contribution in [-0.2, 0) is 0 Å². The van der Waals surface area contributed by atoms with Gasteiger partial charge in [-0.05, 0) is 57.9 Å². The number of hydrogen-bond acceptors (Lipinski definition) is 3. The average molecular weight is 241 g/mol. The molecule has 0 spiro atoms. The monoisotopic (exact) mass is 241 g/mol. The average Bonchev–Trinajstić information content (AvgIpc) is 2.51. The minimum atomic E-state index is 0.244. The topological polar surface area (TPSA) is 32.5 Å². The Balaban J connectivity index is 2.54. The van der Waals surface area contributed by atoms with Crippen molar-refractivity contribution in [3.05, 3.63) is 0 Å². The minimum absolute atomic E-state index is 0.244. The molecule has 1 aliphatic heterocycles. The van der Waals surface area contributed by atoms with Crippen LogP contribution in [0.25, 0.3) is 0 Å². The van der Waals surface area contributed by atoms with Crippen molar-refractivity contribution in [1.29, 1.82) is 0 Å². The fourth-order valence-corrected chi connectivity index (χ4v) is 2.70. The van der Waals surface area contributed by atoms with E-state index in [-0.39, 0.29) is 5.41 Å². The van der Waals surface area contributed by atoms with Crippen LogP contribution in [0.3, 0.4) is 0 Å². The molecule has 0 aromatic rings. The van der Waals surface area contributed by atoms with Gasteiger partial charge in [0.15, 0.2) is 0 Å². The quantitative estimate of drug-likeness (QED) is 0.796. The van der Waals surface area contributed by atoms with Gasteiger partial charge in [0.2, 0.25) is 0 Å². The molecule has 1 atom stereocenters. The summed E-state index contributed by atoms with van der Waals surface area (Å²) in [6, 6.07) is 0.760. The highest BCUT2D eigenvalue weighted by Gasteiger charge is 2.25. The number of rotatable bonds is 5. The fourth-order valence-electron chi connectivity index (χ4n) is 2.70. The van der Waals surface area contributed by atoms with Crippen molar-refractivity contribution in [3.8, 4) is 0 Å². The van der Waals surface area contributed by atoms with Gasteiger partial charge in [-0.25, -0.2) is 0 Å². The van der Waals surface area contributed by atoms with Crippen molar-refractivity contribution < 1.29 is 0 Å². The second-order valence-electron chi connectivity index (χ2n) is 6.32. The molecule has 17 heavy (non-hydrogen) atoms. The van der Waals surface area contributed by atoms with Gasteiger partial charge < -0.3 is 15.5 Å². The Morgan fingerprint density at radius 1 is 1.29 bits per heavy atom. The van der Waals surface area contributed by atoms with Gasteiger partial charge in [0.05, 0.1) is 0 Å². The lowest BCUT2D eigenvalue weighted by atomic mass is 9.91. The smallest absolute Gasteiger partial charge is 0.0108 e. The van der Waals surface area contributed by atoms with Crippen LogP contribution in [0.2, 0.25) is 0 Å². The van der Waals surface area contributed by atoms with Crippen LogP contribution >= 0.6 is 0 Å². The second kappa shape index (κ2) is 6.72. The molecule has 1 saturated heterocycles. The summed E-state index contributed by atoms with van der Waals surface area (Å²) in [4.78, 5) is 5.11. The molecular weight excluding hydrogens is 210 g/mol. The predicted octanol–water partition coefficient (Wildman–Crippen LogP) is 1.78. The molecule has 0 aliphatic carbocycles.